The van der Waals surface area contributed by atoms with E-state index in [1.54, 1.807) is 0 Å². The molecule has 0 unspecified atom stereocenters. The zero-order valence-electron chi connectivity index (χ0n) is 10.0. The SMILES string of the molecule is O=C(O)c1cc(S(=O)(=O)Nc2ccc(O)c(F)c2)c(Br)s1. The highest BCUT2D eigenvalue weighted by atomic mass is 79.9. The summed E-state index contributed by atoms with van der Waals surface area (Å²) in [5.41, 5.74) is -0.0970. The number of thiophene rings is 1. The molecule has 0 radical (unpaired) electrons. The van der Waals surface area contributed by atoms with E-state index in [1.807, 2.05) is 0 Å². The summed E-state index contributed by atoms with van der Waals surface area (Å²) in [6.45, 7) is 0. The summed E-state index contributed by atoms with van der Waals surface area (Å²) in [5, 5.41) is 17.9. The Bertz CT molecular complexity index is 818. The van der Waals surface area contributed by atoms with E-state index in [9.17, 15) is 17.6 Å². The molecule has 1 heterocycles. The number of sulfonamides is 1. The number of nitrogens with one attached hydrogen (secondary N) is 1. The normalized spacial score (nSPS) is 11.3. The molecule has 0 amide bonds. The Morgan fingerprint density at radius 3 is 2.52 bits per heavy atom. The van der Waals surface area contributed by atoms with Crippen LogP contribution in [0, 0.1) is 5.82 Å². The Hall–Kier alpha value is -1.65. The Kier molecular flexibility index (Phi) is 4.21. The number of hydrogen-bond donors (Lipinski definition) is 3. The summed E-state index contributed by atoms with van der Waals surface area (Å²) in [6, 6.07) is 3.98. The Labute approximate surface area is 131 Å². The number of carboxylic acids is 1. The van der Waals surface area contributed by atoms with Crippen LogP contribution in [0.4, 0.5) is 10.1 Å². The van der Waals surface area contributed by atoms with Crippen LogP contribution in [0.5, 0.6) is 5.75 Å². The summed E-state index contributed by atoms with van der Waals surface area (Å²) in [6.07, 6.45) is 0. The number of carboxylic acid groups (broad SMARTS) is 1. The second kappa shape index (κ2) is 5.62. The molecule has 0 bridgehead atoms. The highest BCUT2D eigenvalue weighted by molar-refractivity contribution is 9.11. The lowest BCUT2D eigenvalue weighted by atomic mass is 10.3. The summed E-state index contributed by atoms with van der Waals surface area (Å²) < 4.78 is 39.7. The molecule has 2 rings (SSSR count). The first-order valence-corrected chi connectivity index (χ1v) is 8.34. The number of aromatic carboxylic acids is 1. The van der Waals surface area contributed by atoms with Gasteiger partial charge in [-0.15, -0.1) is 11.3 Å². The quantitative estimate of drug-likeness (QED) is 0.690. The van der Waals surface area contributed by atoms with Crippen LogP contribution >= 0.6 is 27.3 Å². The lowest BCUT2D eigenvalue weighted by molar-refractivity contribution is 0.0702. The van der Waals surface area contributed by atoms with Gasteiger partial charge in [-0.2, -0.15) is 0 Å². The number of rotatable bonds is 4. The lowest BCUT2D eigenvalue weighted by Crippen LogP contribution is -2.12. The predicted octanol–water partition coefficient (Wildman–Crippen LogP) is 2.85. The van der Waals surface area contributed by atoms with E-state index in [-0.39, 0.29) is 19.2 Å². The molecule has 0 atom stereocenters. The monoisotopic (exact) mass is 395 g/mol. The molecular formula is C11H7BrFNO5S2. The Morgan fingerprint density at radius 2 is 2.00 bits per heavy atom. The zero-order chi connectivity index (χ0) is 15.8. The summed E-state index contributed by atoms with van der Waals surface area (Å²) in [5.74, 6) is -2.84. The third kappa shape index (κ3) is 3.34. The van der Waals surface area contributed by atoms with Crippen LogP contribution < -0.4 is 4.72 Å². The smallest absolute Gasteiger partial charge is 0.345 e. The molecule has 0 saturated heterocycles. The molecule has 0 aliphatic carbocycles. The number of anilines is 1. The number of halogens is 2. The van der Waals surface area contributed by atoms with Crippen molar-refractivity contribution < 1.29 is 27.8 Å². The van der Waals surface area contributed by atoms with Crippen LogP contribution in [0.2, 0.25) is 0 Å². The molecule has 0 fully saturated rings. The van der Waals surface area contributed by atoms with Gasteiger partial charge in [-0.3, -0.25) is 4.72 Å². The van der Waals surface area contributed by atoms with Gasteiger partial charge < -0.3 is 10.2 Å². The molecule has 2 aromatic rings. The minimum Gasteiger partial charge on any atom is -0.505 e. The van der Waals surface area contributed by atoms with Crippen molar-refractivity contribution in [1.29, 1.82) is 0 Å². The van der Waals surface area contributed by atoms with Crippen molar-refractivity contribution in [1.82, 2.24) is 0 Å². The van der Waals surface area contributed by atoms with E-state index in [2.05, 4.69) is 20.7 Å². The molecule has 21 heavy (non-hydrogen) atoms. The molecule has 3 N–H and O–H groups in total. The fraction of sp³-hybridized carbons (Fsp3) is 0. The third-order valence-corrected chi connectivity index (χ3v) is 5.98. The second-order valence-electron chi connectivity index (χ2n) is 3.83. The molecule has 1 aromatic carbocycles. The molecule has 0 aliphatic heterocycles. The van der Waals surface area contributed by atoms with Gasteiger partial charge in [0, 0.05) is 6.07 Å². The topological polar surface area (TPSA) is 104 Å². The summed E-state index contributed by atoms with van der Waals surface area (Å²) in [7, 11) is -4.08. The van der Waals surface area contributed by atoms with Crippen molar-refractivity contribution in [3.8, 4) is 5.75 Å². The van der Waals surface area contributed by atoms with Crippen LogP contribution in [0.1, 0.15) is 9.67 Å². The van der Waals surface area contributed by atoms with Crippen LogP contribution in [0.25, 0.3) is 0 Å². The Balaban J connectivity index is 2.38. The Morgan fingerprint density at radius 1 is 1.33 bits per heavy atom. The number of benzene rings is 1. The highest BCUT2D eigenvalue weighted by Gasteiger charge is 2.23. The molecular weight excluding hydrogens is 389 g/mol. The standard InChI is InChI=1S/C11H7BrFNO5S2/c12-10-9(4-8(20-10)11(16)17)21(18,19)14-5-1-2-7(15)6(13)3-5/h1-4,14-15H,(H,16,17). The van der Waals surface area contributed by atoms with Gasteiger partial charge in [0.15, 0.2) is 11.6 Å². The van der Waals surface area contributed by atoms with E-state index in [0.29, 0.717) is 0 Å². The van der Waals surface area contributed by atoms with Crippen molar-refractivity contribution >= 4 is 48.9 Å². The third-order valence-electron chi connectivity index (χ3n) is 2.36. The van der Waals surface area contributed by atoms with Crippen LogP contribution in [0.3, 0.4) is 0 Å². The van der Waals surface area contributed by atoms with E-state index < -0.39 is 27.6 Å². The van der Waals surface area contributed by atoms with Crippen LogP contribution in [0.15, 0.2) is 32.9 Å². The van der Waals surface area contributed by atoms with E-state index in [1.165, 1.54) is 6.07 Å². The average molecular weight is 396 g/mol. The minimum absolute atomic E-state index is 0.0970. The van der Waals surface area contributed by atoms with Gasteiger partial charge in [0.05, 0.1) is 9.47 Å². The maximum Gasteiger partial charge on any atom is 0.345 e. The molecule has 112 valence electrons. The molecule has 10 heteroatoms. The molecule has 0 aliphatic rings. The number of phenols is 1. The maximum absolute atomic E-state index is 13.2. The molecule has 1 aromatic heterocycles. The van der Waals surface area contributed by atoms with Gasteiger partial charge in [0.1, 0.15) is 9.77 Å². The zero-order valence-corrected chi connectivity index (χ0v) is 13.2. The van der Waals surface area contributed by atoms with E-state index in [0.717, 1.165) is 29.5 Å². The van der Waals surface area contributed by atoms with Gasteiger partial charge in [0.25, 0.3) is 10.0 Å². The average Bonchev–Trinajstić information content (AvgIpc) is 2.77. The first kappa shape index (κ1) is 15.7. The fourth-order valence-corrected chi connectivity index (χ4v) is 4.88. The largest absolute Gasteiger partial charge is 0.505 e. The predicted molar refractivity (Wildman–Crippen MR) is 77.9 cm³/mol. The van der Waals surface area contributed by atoms with Crippen molar-refractivity contribution in [2.24, 2.45) is 0 Å². The van der Waals surface area contributed by atoms with Gasteiger partial charge in [-0.1, -0.05) is 0 Å². The number of carbonyl (C=O) groups is 1. The molecule has 0 saturated carbocycles. The van der Waals surface area contributed by atoms with E-state index >= 15 is 0 Å². The molecule has 6 nitrogen and oxygen atoms in total. The fourth-order valence-electron chi connectivity index (χ4n) is 1.42. The first-order chi connectivity index (χ1) is 9.70. The van der Waals surface area contributed by atoms with Crippen LogP contribution in [-0.2, 0) is 10.0 Å². The molecule has 0 spiro atoms. The number of phenolic OH excluding ortho intramolecular Hbond substituents is 1. The van der Waals surface area contributed by atoms with Crippen molar-refractivity contribution in [3.05, 3.63) is 38.7 Å². The van der Waals surface area contributed by atoms with E-state index in [4.69, 9.17) is 10.2 Å². The minimum atomic E-state index is -4.08. The lowest BCUT2D eigenvalue weighted by Gasteiger charge is -2.07. The van der Waals surface area contributed by atoms with Gasteiger partial charge in [0.2, 0.25) is 0 Å². The van der Waals surface area contributed by atoms with Gasteiger partial charge in [-0.05, 0) is 34.1 Å². The van der Waals surface area contributed by atoms with Crippen molar-refractivity contribution in [2.45, 2.75) is 4.90 Å². The van der Waals surface area contributed by atoms with Gasteiger partial charge >= 0.3 is 5.97 Å². The summed E-state index contributed by atoms with van der Waals surface area (Å²) in [4.78, 5) is 10.4. The van der Waals surface area contributed by atoms with Crippen molar-refractivity contribution in [2.75, 3.05) is 4.72 Å². The van der Waals surface area contributed by atoms with Gasteiger partial charge in [-0.25, -0.2) is 17.6 Å². The number of hydrogen-bond acceptors (Lipinski definition) is 5. The summed E-state index contributed by atoms with van der Waals surface area (Å²) >= 11 is 3.73. The highest BCUT2D eigenvalue weighted by Crippen LogP contribution is 2.33. The maximum atomic E-state index is 13.2. The van der Waals surface area contributed by atoms with Crippen LogP contribution in [-0.4, -0.2) is 24.6 Å². The number of aromatic hydroxyl groups is 1. The first-order valence-electron chi connectivity index (χ1n) is 5.24. The second-order valence-corrected chi connectivity index (χ2v) is 7.85. The van der Waals surface area contributed by atoms with Crippen molar-refractivity contribution in [3.63, 3.8) is 0 Å².